The van der Waals surface area contributed by atoms with E-state index in [9.17, 15) is 14.3 Å². The monoisotopic (exact) mass is 329 g/mol. The lowest BCUT2D eigenvalue weighted by molar-refractivity contribution is -0.122. The van der Waals surface area contributed by atoms with Crippen molar-refractivity contribution in [2.24, 2.45) is 0 Å². The molecule has 2 atom stereocenters. The molecule has 1 saturated carbocycles. The van der Waals surface area contributed by atoms with E-state index >= 15 is 0 Å². The Morgan fingerprint density at radius 2 is 2.26 bits per heavy atom. The quantitative estimate of drug-likeness (QED) is 0.891. The zero-order valence-electron chi connectivity index (χ0n) is 10.5. The molecule has 0 radical (unpaired) electrons. The number of nitrogens with one attached hydrogen (secondary N) is 1. The van der Waals surface area contributed by atoms with E-state index in [-0.39, 0.29) is 17.8 Å². The van der Waals surface area contributed by atoms with Crippen molar-refractivity contribution in [2.75, 3.05) is 0 Å². The lowest BCUT2D eigenvalue weighted by Crippen LogP contribution is -2.39. The third-order valence-electron chi connectivity index (χ3n) is 3.46. The van der Waals surface area contributed by atoms with Crippen LogP contribution in [0.4, 0.5) is 4.39 Å². The smallest absolute Gasteiger partial charge is 0.220 e. The van der Waals surface area contributed by atoms with Gasteiger partial charge in [-0.2, -0.15) is 0 Å². The van der Waals surface area contributed by atoms with Crippen molar-refractivity contribution in [2.45, 2.75) is 44.2 Å². The largest absolute Gasteiger partial charge is 0.391 e. The summed E-state index contributed by atoms with van der Waals surface area (Å²) >= 11 is 3.34. The van der Waals surface area contributed by atoms with Gasteiger partial charge in [-0.1, -0.05) is 15.9 Å². The van der Waals surface area contributed by atoms with Gasteiger partial charge >= 0.3 is 0 Å². The van der Waals surface area contributed by atoms with Crippen LogP contribution in [0.25, 0.3) is 0 Å². The van der Waals surface area contributed by atoms with Crippen molar-refractivity contribution in [3.63, 3.8) is 0 Å². The Morgan fingerprint density at radius 1 is 1.47 bits per heavy atom. The SMILES string of the molecule is O=C(CCc1cc(F)ccc1Br)N[C@@H]1CCC[C@H]1O. The van der Waals surface area contributed by atoms with Crippen molar-refractivity contribution < 1.29 is 14.3 Å². The van der Waals surface area contributed by atoms with Crippen LogP contribution in [0.15, 0.2) is 22.7 Å². The molecule has 0 aromatic heterocycles. The summed E-state index contributed by atoms with van der Waals surface area (Å²) in [5.74, 6) is -0.396. The molecule has 104 valence electrons. The number of aliphatic hydroxyl groups excluding tert-OH is 1. The molecular weight excluding hydrogens is 313 g/mol. The van der Waals surface area contributed by atoms with Crippen molar-refractivity contribution in [3.8, 4) is 0 Å². The van der Waals surface area contributed by atoms with Gasteiger partial charge in [-0.05, 0) is 49.4 Å². The van der Waals surface area contributed by atoms with Crippen LogP contribution >= 0.6 is 15.9 Å². The van der Waals surface area contributed by atoms with Crippen LogP contribution in [0, 0.1) is 5.82 Å². The summed E-state index contributed by atoms with van der Waals surface area (Å²) in [6, 6.07) is 4.33. The lowest BCUT2D eigenvalue weighted by Gasteiger charge is -2.16. The maximum atomic E-state index is 13.1. The first kappa shape index (κ1) is 14.5. The number of halogens is 2. The summed E-state index contributed by atoms with van der Waals surface area (Å²) < 4.78 is 13.9. The number of aryl methyl sites for hydroxylation is 1. The second-order valence-electron chi connectivity index (χ2n) is 4.91. The minimum atomic E-state index is -0.426. The minimum Gasteiger partial charge on any atom is -0.391 e. The van der Waals surface area contributed by atoms with E-state index in [4.69, 9.17) is 0 Å². The Hall–Kier alpha value is -0.940. The minimum absolute atomic E-state index is 0.0953. The van der Waals surface area contributed by atoms with E-state index in [1.165, 1.54) is 12.1 Å². The number of hydrogen-bond donors (Lipinski definition) is 2. The molecule has 0 heterocycles. The fraction of sp³-hybridized carbons (Fsp3) is 0.500. The van der Waals surface area contributed by atoms with Gasteiger partial charge in [-0.15, -0.1) is 0 Å². The molecule has 0 spiro atoms. The first-order valence-electron chi connectivity index (χ1n) is 6.47. The van der Waals surface area contributed by atoms with Crippen LogP contribution in [0.5, 0.6) is 0 Å². The van der Waals surface area contributed by atoms with Gasteiger partial charge in [0.2, 0.25) is 5.91 Å². The molecule has 2 N–H and O–H groups in total. The Bertz CT molecular complexity index is 467. The molecular formula is C14H17BrFNO2. The van der Waals surface area contributed by atoms with E-state index in [1.54, 1.807) is 6.07 Å². The molecule has 1 aliphatic carbocycles. The van der Waals surface area contributed by atoms with Gasteiger partial charge in [-0.25, -0.2) is 4.39 Å². The molecule has 1 fully saturated rings. The summed E-state index contributed by atoms with van der Waals surface area (Å²) in [6.45, 7) is 0. The molecule has 3 nitrogen and oxygen atoms in total. The zero-order chi connectivity index (χ0) is 13.8. The second kappa shape index (κ2) is 6.48. The van der Waals surface area contributed by atoms with Crippen molar-refractivity contribution in [1.29, 1.82) is 0 Å². The maximum absolute atomic E-state index is 13.1. The van der Waals surface area contributed by atoms with E-state index in [2.05, 4.69) is 21.2 Å². The van der Waals surface area contributed by atoms with Crippen molar-refractivity contribution >= 4 is 21.8 Å². The molecule has 1 amide bonds. The number of aliphatic hydroxyl groups is 1. The molecule has 0 saturated heterocycles. The van der Waals surface area contributed by atoms with Gasteiger partial charge in [0.1, 0.15) is 5.82 Å². The summed E-state index contributed by atoms with van der Waals surface area (Å²) in [5.41, 5.74) is 0.780. The summed E-state index contributed by atoms with van der Waals surface area (Å²) in [5, 5.41) is 12.5. The predicted octanol–water partition coefficient (Wildman–Crippen LogP) is 2.55. The van der Waals surface area contributed by atoms with E-state index in [1.807, 2.05) is 0 Å². The van der Waals surface area contributed by atoms with Gasteiger partial charge in [0.15, 0.2) is 0 Å². The summed E-state index contributed by atoms with van der Waals surface area (Å²) in [7, 11) is 0. The number of rotatable bonds is 4. The number of carbonyl (C=O) groups excluding carboxylic acids is 1. The number of benzene rings is 1. The van der Waals surface area contributed by atoms with E-state index in [0.717, 1.165) is 29.3 Å². The van der Waals surface area contributed by atoms with Crippen LogP contribution in [0.1, 0.15) is 31.2 Å². The normalized spacial score (nSPS) is 22.5. The zero-order valence-corrected chi connectivity index (χ0v) is 12.1. The molecule has 1 aromatic carbocycles. The van der Waals surface area contributed by atoms with Crippen LogP contribution < -0.4 is 5.32 Å². The maximum Gasteiger partial charge on any atom is 0.220 e. The third-order valence-corrected chi connectivity index (χ3v) is 4.23. The molecule has 2 rings (SSSR count). The number of hydrogen-bond acceptors (Lipinski definition) is 2. The van der Waals surface area contributed by atoms with Gasteiger partial charge in [0, 0.05) is 10.9 Å². The highest BCUT2D eigenvalue weighted by Gasteiger charge is 2.26. The fourth-order valence-electron chi connectivity index (χ4n) is 2.37. The second-order valence-corrected chi connectivity index (χ2v) is 5.76. The molecule has 5 heteroatoms. The van der Waals surface area contributed by atoms with Gasteiger partial charge in [-0.3, -0.25) is 4.79 Å². The highest BCUT2D eigenvalue weighted by Crippen LogP contribution is 2.21. The molecule has 19 heavy (non-hydrogen) atoms. The van der Waals surface area contributed by atoms with Crippen LogP contribution in [0.2, 0.25) is 0 Å². The van der Waals surface area contributed by atoms with Gasteiger partial charge in [0.25, 0.3) is 0 Å². The van der Waals surface area contributed by atoms with Crippen LogP contribution in [-0.4, -0.2) is 23.2 Å². The average Bonchev–Trinajstić information content (AvgIpc) is 2.76. The van der Waals surface area contributed by atoms with Gasteiger partial charge < -0.3 is 10.4 Å². The standard InChI is InChI=1S/C14H17BrFNO2/c15-11-6-5-10(16)8-9(11)4-7-14(19)17-12-2-1-3-13(12)18/h5-6,8,12-13,18H,1-4,7H2,(H,17,19)/t12-,13-/m1/s1. The molecule has 1 aliphatic rings. The van der Waals surface area contributed by atoms with Gasteiger partial charge in [0.05, 0.1) is 12.1 Å². The molecule has 0 aliphatic heterocycles. The Balaban J connectivity index is 1.84. The predicted molar refractivity (Wildman–Crippen MR) is 74.2 cm³/mol. The third kappa shape index (κ3) is 4.01. The highest BCUT2D eigenvalue weighted by atomic mass is 79.9. The topological polar surface area (TPSA) is 49.3 Å². The van der Waals surface area contributed by atoms with Crippen molar-refractivity contribution in [3.05, 3.63) is 34.1 Å². The fourth-order valence-corrected chi connectivity index (χ4v) is 2.82. The molecule has 0 unspecified atom stereocenters. The first-order valence-corrected chi connectivity index (χ1v) is 7.27. The van der Waals surface area contributed by atoms with Crippen LogP contribution in [0.3, 0.4) is 0 Å². The Morgan fingerprint density at radius 3 is 2.95 bits per heavy atom. The Kier molecular flexibility index (Phi) is 4.93. The summed E-state index contributed by atoms with van der Waals surface area (Å²) in [4.78, 5) is 11.8. The molecule has 0 bridgehead atoms. The average molecular weight is 330 g/mol. The van der Waals surface area contributed by atoms with Crippen LogP contribution in [-0.2, 0) is 11.2 Å². The van der Waals surface area contributed by atoms with Crippen molar-refractivity contribution in [1.82, 2.24) is 5.32 Å². The lowest BCUT2D eigenvalue weighted by atomic mass is 10.1. The highest BCUT2D eigenvalue weighted by molar-refractivity contribution is 9.10. The Labute approximate surface area is 120 Å². The summed E-state index contributed by atoms with van der Waals surface area (Å²) in [6.07, 6.45) is 2.88. The van der Waals surface area contributed by atoms with E-state index < -0.39 is 6.10 Å². The first-order chi connectivity index (χ1) is 9.06. The molecule has 1 aromatic rings. The van der Waals surface area contributed by atoms with E-state index in [0.29, 0.717) is 12.8 Å². The number of amides is 1. The number of carbonyl (C=O) groups is 1.